The third kappa shape index (κ3) is 3.82. The second kappa shape index (κ2) is 6.56. The van der Waals surface area contributed by atoms with Crippen molar-refractivity contribution in [3.05, 3.63) is 35.6 Å². The van der Waals surface area contributed by atoms with Crippen molar-refractivity contribution < 1.29 is 9.18 Å². The molecule has 0 aromatic heterocycles. The minimum atomic E-state index is -0.297. The standard InChI is InChI=1S/C17H25FN2O/c1-17(2,13-6-4-7-14(18)9-13)11-20-16(21)15-8-3-5-12(15)10-19/h4,6-7,9,12,15H,3,5,8,10-11,19H2,1-2H3,(H,20,21)/t12-,15-/m1/s1. The largest absolute Gasteiger partial charge is 0.355 e. The molecule has 3 N–H and O–H groups in total. The Morgan fingerprint density at radius 1 is 1.43 bits per heavy atom. The molecule has 2 rings (SSSR count). The van der Waals surface area contributed by atoms with Crippen LogP contribution in [0.2, 0.25) is 0 Å². The first-order valence-corrected chi connectivity index (χ1v) is 7.68. The maximum absolute atomic E-state index is 13.3. The van der Waals surface area contributed by atoms with Crippen LogP contribution in [-0.2, 0) is 10.2 Å². The number of amides is 1. The van der Waals surface area contributed by atoms with Crippen molar-refractivity contribution in [3.8, 4) is 0 Å². The first-order chi connectivity index (χ1) is 9.94. The van der Waals surface area contributed by atoms with Crippen LogP contribution in [0.4, 0.5) is 4.39 Å². The maximum Gasteiger partial charge on any atom is 0.223 e. The minimum Gasteiger partial charge on any atom is -0.355 e. The molecule has 2 atom stereocenters. The molecule has 116 valence electrons. The summed E-state index contributed by atoms with van der Waals surface area (Å²) in [5.41, 5.74) is 6.33. The Balaban J connectivity index is 1.96. The molecular weight excluding hydrogens is 267 g/mol. The Morgan fingerprint density at radius 3 is 2.86 bits per heavy atom. The smallest absolute Gasteiger partial charge is 0.223 e. The minimum absolute atomic E-state index is 0.0401. The van der Waals surface area contributed by atoms with Gasteiger partial charge in [-0.15, -0.1) is 0 Å². The van der Waals surface area contributed by atoms with Crippen molar-refractivity contribution >= 4 is 5.91 Å². The third-order valence-electron chi connectivity index (χ3n) is 4.61. The van der Waals surface area contributed by atoms with Crippen LogP contribution < -0.4 is 11.1 Å². The number of hydrogen-bond donors (Lipinski definition) is 2. The van der Waals surface area contributed by atoms with E-state index in [-0.39, 0.29) is 23.1 Å². The second-order valence-corrected chi connectivity index (χ2v) is 6.65. The average Bonchev–Trinajstić information content (AvgIpc) is 2.93. The van der Waals surface area contributed by atoms with Gasteiger partial charge in [-0.05, 0) is 43.0 Å². The lowest BCUT2D eigenvalue weighted by Gasteiger charge is -2.27. The molecule has 1 aliphatic rings. The summed E-state index contributed by atoms with van der Waals surface area (Å²) >= 11 is 0. The van der Waals surface area contributed by atoms with E-state index in [0.29, 0.717) is 19.0 Å². The van der Waals surface area contributed by atoms with E-state index in [9.17, 15) is 9.18 Å². The van der Waals surface area contributed by atoms with Crippen molar-refractivity contribution in [1.82, 2.24) is 5.32 Å². The van der Waals surface area contributed by atoms with E-state index in [1.54, 1.807) is 6.07 Å². The number of nitrogens with one attached hydrogen (secondary N) is 1. The van der Waals surface area contributed by atoms with Gasteiger partial charge in [0.05, 0.1) is 0 Å². The summed E-state index contributed by atoms with van der Waals surface area (Å²) in [7, 11) is 0. The molecule has 0 bridgehead atoms. The van der Waals surface area contributed by atoms with Gasteiger partial charge >= 0.3 is 0 Å². The molecule has 0 spiro atoms. The van der Waals surface area contributed by atoms with Crippen LogP contribution >= 0.6 is 0 Å². The van der Waals surface area contributed by atoms with Gasteiger partial charge in [0.2, 0.25) is 5.91 Å². The highest BCUT2D eigenvalue weighted by Gasteiger charge is 2.32. The lowest BCUT2D eigenvalue weighted by molar-refractivity contribution is -0.126. The summed E-state index contributed by atoms with van der Waals surface area (Å²) in [6, 6.07) is 6.57. The number of benzene rings is 1. The molecule has 0 heterocycles. The predicted octanol–water partition coefficient (Wildman–Crippen LogP) is 2.59. The molecule has 0 unspecified atom stereocenters. The van der Waals surface area contributed by atoms with Crippen LogP contribution in [0.25, 0.3) is 0 Å². The lowest BCUT2D eigenvalue weighted by Crippen LogP contribution is -2.41. The van der Waals surface area contributed by atoms with Crippen molar-refractivity contribution in [3.63, 3.8) is 0 Å². The van der Waals surface area contributed by atoms with Crippen molar-refractivity contribution in [1.29, 1.82) is 0 Å². The summed E-state index contributed by atoms with van der Waals surface area (Å²) in [5.74, 6) is 0.193. The van der Waals surface area contributed by atoms with Crippen LogP contribution in [0.1, 0.15) is 38.7 Å². The Bertz CT molecular complexity index is 501. The Morgan fingerprint density at radius 2 is 2.19 bits per heavy atom. The highest BCUT2D eigenvalue weighted by Crippen LogP contribution is 2.31. The SMILES string of the molecule is CC(C)(CNC(=O)[C@@H]1CCC[C@@H]1CN)c1cccc(F)c1. The monoisotopic (exact) mass is 292 g/mol. The number of carbonyl (C=O) groups is 1. The van der Waals surface area contributed by atoms with Crippen LogP contribution in [-0.4, -0.2) is 19.0 Å². The highest BCUT2D eigenvalue weighted by molar-refractivity contribution is 5.79. The molecule has 0 saturated heterocycles. The lowest BCUT2D eigenvalue weighted by atomic mass is 9.84. The first-order valence-electron chi connectivity index (χ1n) is 7.68. The van der Waals surface area contributed by atoms with Gasteiger partial charge in [-0.25, -0.2) is 4.39 Å². The molecule has 1 saturated carbocycles. The molecule has 3 nitrogen and oxygen atoms in total. The highest BCUT2D eigenvalue weighted by atomic mass is 19.1. The molecule has 1 aromatic carbocycles. The quantitative estimate of drug-likeness (QED) is 0.876. The summed E-state index contributed by atoms with van der Waals surface area (Å²) in [4.78, 5) is 12.3. The zero-order valence-electron chi connectivity index (χ0n) is 12.9. The van der Waals surface area contributed by atoms with E-state index in [0.717, 1.165) is 24.8 Å². The summed E-state index contributed by atoms with van der Waals surface area (Å²) < 4.78 is 13.3. The Labute approximate surface area is 126 Å². The Kier molecular flexibility index (Phi) is 4.99. The molecule has 1 aliphatic carbocycles. The van der Waals surface area contributed by atoms with E-state index in [1.165, 1.54) is 12.1 Å². The zero-order valence-corrected chi connectivity index (χ0v) is 12.9. The van der Waals surface area contributed by atoms with Crippen LogP contribution in [0.5, 0.6) is 0 Å². The predicted molar refractivity (Wildman–Crippen MR) is 82.3 cm³/mol. The van der Waals surface area contributed by atoms with E-state index < -0.39 is 0 Å². The Hall–Kier alpha value is -1.42. The topological polar surface area (TPSA) is 55.1 Å². The summed E-state index contributed by atoms with van der Waals surface area (Å²) in [6.07, 6.45) is 3.04. The van der Waals surface area contributed by atoms with Gasteiger partial charge in [0.15, 0.2) is 0 Å². The molecule has 1 aromatic rings. The molecule has 0 aliphatic heterocycles. The first kappa shape index (κ1) is 16.0. The van der Waals surface area contributed by atoms with Gasteiger partial charge in [0.25, 0.3) is 0 Å². The fraction of sp³-hybridized carbons (Fsp3) is 0.588. The van der Waals surface area contributed by atoms with Gasteiger partial charge in [-0.1, -0.05) is 32.4 Å². The zero-order chi connectivity index (χ0) is 15.5. The van der Waals surface area contributed by atoms with Gasteiger partial charge in [0.1, 0.15) is 5.82 Å². The number of hydrogen-bond acceptors (Lipinski definition) is 2. The van der Waals surface area contributed by atoms with E-state index >= 15 is 0 Å². The number of carbonyl (C=O) groups excluding carboxylic acids is 1. The summed E-state index contributed by atoms with van der Waals surface area (Å²) in [6.45, 7) is 5.10. The number of halogens is 1. The maximum atomic E-state index is 13.3. The third-order valence-corrected chi connectivity index (χ3v) is 4.61. The molecular formula is C17H25FN2O. The number of rotatable bonds is 5. The van der Waals surface area contributed by atoms with Crippen LogP contribution in [0.3, 0.4) is 0 Å². The second-order valence-electron chi connectivity index (χ2n) is 6.65. The van der Waals surface area contributed by atoms with Gasteiger partial charge < -0.3 is 11.1 Å². The normalized spacial score (nSPS) is 22.3. The van der Waals surface area contributed by atoms with Crippen LogP contribution in [0.15, 0.2) is 24.3 Å². The van der Waals surface area contributed by atoms with E-state index in [4.69, 9.17) is 5.73 Å². The molecule has 1 fully saturated rings. The van der Waals surface area contributed by atoms with Crippen molar-refractivity contribution in [2.45, 2.75) is 38.5 Å². The molecule has 4 heteroatoms. The van der Waals surface area contributed by atoms with E-state index in [2.05, 4.69) is 5.32 Å². The molecule has 21 heavy (non-hydrogen) atoms. The van der Waals surface area contributed by atoms with Gasteiger partial charge in [-0.2, -0.15) is 0 Å². The van der Waals surface area contributed by atoms with Crippen LogP contribution in [0, 0.1) is 17.7 Å². The van der Waals surface area contributed by atoms with E-state index in [1.807, 2.05) is 19.9 Å². The fourth-order valence-corrected chi connectivity index (χ4v) is 3.11. The van der Waals surface area contributed by atoms with Crippen molar-refractivity contribution in [2.24, 2.45) is 17.6 Å². The van der Waals surface area contributed by atoms with Gasteiger partial charge in [-0.3, -0.25) is 4.79 Å². The average molecular weight is 292 g/mol. The summed E-state index contributed by atoms with van der Waals surface area (Å²) in [5, 5.41) is 3.03. The molecule has 1 amide bonds. The van der Waals surface area contributed by atoms with Crippen molar-refractivity contribution in [2.75, 3.05) is 13.1 Å². The number of nitrogens with two attached hydrogens (primary N) is 1. The fourth-order valence-electron chi connectivity index (χ4n) is 3.11. The van der Waals surface area contributed by atoms with Gasteiger partial charge in [0, 0.05) is 17.9 Å². The molecule has 0 radical (unpaired) electrons.